The fourth-order valence-electron chi connectivity index (χ4n) is 2.34. The third kappa shape index (κ3) is 2.55. The molecule has 3 rings (SSSR count). The fraction of sp³-hybridized carbons (Fsp3) is 0.267. The molecule has 2 aromatic heterocycles. The summed E-state index contributed by atoms with van der Waals surface area (Å²) in [5.41, 5.74) is 3.19. The number of hydrogen-bond acceptors (Lipinski definition) is 5. The van der Waals surface area contributed by atoms with E-state index in [9.17, 15) is 0 Å². The maximum Gasteiger partial charge on any atom is 0.0970 e. The zero-order chi connectivity index (χ0) is 13.8. The summed E-state index contributed by atoms with van der Waals surface area (Å²) in [6.45, 7) is 3.10. The van der Waals surface area contributed by atoms with Crippen molar-refractivity contribution in [3.63, 3.8) is 0 Å². The second-order valence-corrected chi connectivity index (χ2v) is 5.24. The van der Waals surface area contributed by atoms with E-state index in [0.717, 1.165) is 29.6 Å². The lowest BCUT2D eigenvalue weighted by Crippen LogP contribution is -2.23. The summed E-state index contributed by atoms with van der Waals surface area (Å²) in [7, 11) is 0. The molecule has 1 aromatic carbocycles. The Balaban J connectivity index is 2.09. The van der Waals surface area contributed by atoms with Crippen molar-refractivity contribution in [1.29, 1.82) is 0 Å². The van der Waals surface area contributed by atoms with Crippen LogP contribution in [0.3, 0.4) is 0 Å². The molecular formula is C15H16N4S. The summed E-state index contributed by atoms with van der Waals surface area (Å²) in [4.78, 5) is 4.42. The first-order valence-electron chi connectivity index (χ1n) is 6.74. The standard InChI is InChI=1S/C15H16N4S/c1-2-8-17-15(14-10-20-19-18-14)12-5-3-7-13-11(12)6-4-9-16-13/h3-7,9-10,15,17H,2,8H2,1H3. The lowest BCUT2D eigenvalue weighted by Gasteiger charge is -2.18. The largest absolute Gasteiger partial charge is 0.305 e. The van der Waals surface area contributed by atoms with Crippen molar-refractivity contribution in [2.24, 2.45) is 0 Å². The smallest absolute Gasteiger partial charge is 0.0970 e. The predicted octanol–water partition coefficient (Wildman–Crippen LogP) is 3.18. The molecule has 0 aliphatic rings. The van der Waals surface area contributed by atoms with Gasteiger partial charge in [-0.2, -0.15) is 0 Å². The van der Waals surface area contributed by atoms with Crippen LogP contribution in [0.4, 0.5) is 0 Å². The number of fused-ring (bicyclic) bond motifs is 1. The number of hydrogen-bond donors (Lipinski definition) is 1. The van der Waals surface area contributed by atoms with Crippen LogP contribution < -0.4 is 5.32 Å². The lowest BCUT2D eigenvalue weighted by atomic mass is 9.99. The highest BCUT2D eigenvalue weighted by Crippen LogP contribution is 2.27. The minimum absolute atomic E-state index is 0.0709. The topological polar surface area (TPSA) is 50.7 Å². The monoisotopic (exact) mass is 284 g/mol. The van der Waals surface area contributed by atoms with E-state index in [1.807, 2.05) is 29.8 Å². The molecule has 0 fully saturated rings. The normalized spacial score (nSPS) is 12.7. The van der Waals surface area contributed by atoms with E-state index in [4.69, 9.17) is 0 Å². The molecule has 0 spiro atoms. The average molecular weight is 284 g/mol. The summed E-state index contributed by atoms with van der Waals surface area (Å²) in [6.07, 6.45) is 2.90. The molecule has 4 nitrogen and oxygen atoms in total. The molecule has 1 atom stereocenters. The van der Waals surface area contributed by atoms with E-state index in [1.165, 1.54) is 17.1 Å². The highest BCUT2D eigenvalue weighted by Gasteiger charge is 2.18. The number of rotatable bonds is 5. The van der Waals surface area contributed by atoms with Gasteiger partial charge in [0.1, 0.15) is 0 Å². The van der Waals surface area contributed by atoms with Gasteiger partial charge in [-0.05, 0) is 42.2 Å². The lowest BCUT2D eigenvalue weighted by molar-refractivity contribution is 0.588. The minimum Gasteiger partial charge on any atom is -0.305 e. The van der Waals surface area contributed by atoms with Crippen LogP contribution in [0.2, 0.25) is 0 Å². The van der Waals surface area contributed by atoms with Crippen molar-refractivity contribution in [2.45, 2.75) is 19.4 Å². The molecule has 0 amide bonds. The highest BCUT2D eigenvalue weighted by atomic mass is 32.1. The quantitative estimate of drug-likeness (QED) is 0.782. The Labute approximate surface area is 122 Å². The minimum atomic E-state index is 0.0709. The van der Waals surface area contributed by atoms with Crippen molar-refractivity contribution in [2.75, 3.05) is 6.54 Å². The van der Waals surface area contributed by atoms with Gasteiger partial charge in [-0.3, -0.25) is 4.98 Å². The first-order chi connectivity index (χ1) is 9.90. The zero-order valence-electron chi connectivity index (χ0n) is 11.3. The van der Waals surface area contributed by atoms with Gasteiger partial charge in [-0.15, -0.1) is 5.10 Å². The fourth-order valence-corrected chi connectivity index (χ4v) is 2.82. The van der Waals surface area contributed by atoms with Gasteiger partial charge in [-0.1, -0.05) is 29.6 Å². The first-order valence-corrected chi connectivity index (χ1v) is 7.57. The van der Waals surface area contributed by atoms with E-state index >= 15 is 0 Å². The third-order valence-electron chi connectivity index (χ3n) is 3.26. The molecule has 1 N–H and O–H groups in total. The zero-order valence-corrected chi connectivity index (χ0v) is 12.1. The molecule has 5 heteroatoms. The van der Waals surface area contributed by atoms with E-state index in [2.05, 4.69) is 38.9 Å². The van der Waals surface area contributed by atoms with Gasteiger partial charge in [-0.25, -0.2) is 0 Å². The Morgan fingerprint density at radius 1 is 1.25 bits per heavy atom. The molecular weight excluding hydrogens is 268 g/mol. The Hall–Kier alpha value is -1.85. The molecule has 0 aliphatic heterocycles. The van der Waals surface area contributed by atoms with Crippen LogP contribution in [0.25, 0.3) is 10.9 Å². The van der Waals surface area contributed by atoms with Crippen LogP contribution in [0, 0.1) is 0 Å². The number of nitrogens with zero attached hydrogens (tertiary/aromatic N) is 3. The van der Waals surface area contributed by atoms with Gasteiger partial charge in [0.15, 0.2) is 0 Å². The van der Waals surface area contributed by atoms with E-state index in [0.29, 0.717) is 0 Å². The van der Waals surface area contributed by atoms with Crippen molar-refractivity contribution >= 4 is 22.4 Å². The molecule has 0 saturated carbocycles. The van der Waals surface area contributed by atoms with E-state index in [-0.39, 0.29) is 6.04 Å². The molecule has 20 heavy (non-hydrogen) atoms. The molecule has 1 unspecified atom stereocenters. The molecule has 3 aromatic rings. The Morgan fingerprint density at radius 2 is 2.20 bits per heavy atom. The molecule has 0 aliphatic carbocycles. The summed E-state index contributed by atoms with van der Waals surface area (Å²) in [5, 5.41) is 11.0. The Bertz CT molecular complexity index is 676. The van der Waals surface area contributed by atoms with E-state index < -0.39 is 0 Å². The molecule has 102 valence electrons. The van der Waals surface area contributed by atoms with Crippen LogP contribution in [-0.4, -0.2) is 21.1 Å². The van der Waals surface area contributed by atoms with E-state index in [1.54, 1.807) is 0 Å². The van der Waals surface area contributed by atoms with Gasteiger partial charge in [0, 0.05) is 17.0 Å². The number of pyridine rings is 1. The first kappa shape index (κ1) is 13.1. The molecule has 0 radical (unpaired) electrons. The van der Waals surface area contributed by atoms with Crippen molar-refractivity contribution in [3.05, 3.63) is 53.2 Å². The highest BCUT2D eigenvalue weighted by molar-refractivity contribution is 7.03. The average Bonchev–Trinajstić information content (AvgIpc) is 3.02. The number of nitrogens with one attached hydrogen (secondary N) is 1. The second kappa shape index (κ2) is 6.07. The van der Waals surface area contributed by atoms with Gasteiger partial charge < -0.3 is 5.32 Å². The van der Waals surface area contributed by atoms with Crippen LogP contribution in [-0.2, 0) is 0 Å². The summed E-state index contributed by atoms with van der Waals surface area (Å²) in [5.74, 6) is 0. The SMILES string of the molecule is CCCNC(c1csnn1)c1cccc2ncccc12. The van der Waals surface area contributed by atoms with Crippen LogP contribution in [0.15, 0.2) is 41.9 Å². The van der Waals surface area contributed by atoms with Gasteiger partial charge in [0.2, 0.25) is 0 Å². The number of benzene rings is 1. The maximum atomic E-state index is 4.42. The molecule has 0 bridgehead atoms. The van der Waals surface area contributed by atoms with Crippen molar-refractivity contribution in [3.8, 4) is 0 Å². The third-order valence-corrected chi connectivity index (χ3v) is 3.78. The second-order valence-electron chi connectivity index (χ2n) is 4.63. The molecule has 0 saturated heterocycles. The maximum absolute atomic E-state index is 4.42. The summed E-state index contributed by atoms with van der Waals surface area (Å²) < 4.78 is 3.99. The van der Waals surface area contributed by atoms with Crippen LogP contribution >= 0.6 is 11.5 Å². The predicted molar refractivity (Wildman–Crippen MR) is 81.8 cm³/mol. The van der Waals surface area contributed by atoms with Gasteiger partial charge in [0.25, 0.3) is 0 Å². The van der Waals surface area contributed by atoms with Crippen molar-refractivity contribution < 1.29 is 0 Å². The number of aromatic nitrogens is 3. The molecule has 2 heterocycles. The van der Waals surface area contributed by atoms with Crippen LogP contribution in [0.5, 0.6) is 0 Å². The van der Waals surface area contributed by atoms with Crippen molar-refractivity contribution in [1.82, 2.24) is 19.9 Å². The Morgan fingerprint density at radius 3 is 3.00 bits per heavy atom. The summed E-state index contributed by atoms with van der Waals surface area (Å²) in [6, 6.07) is 10.4. The summed E-state index contributed by atoms with van der Waals surface area (Å²) >= 11 is 1.38. The Kier molecular flexibility index (Phi) is 3.99. The van der Waals surface area contributed by atoms with Gasteiger partial charge >= 0.3 is 0 Å². The van der Waals surface area contributed by atoms with Crippen LogP contribution in [0.1, 0.15) is 30.6 Å². The van der Waals surface area contributed by atoms with Gasteiger partial charge in [0.05, 0.1) is 17.3 Å².